The topological polar surface area (TPSA) is 32.3 Å². The lowest BCUT2D eigenvalue weighted by molar-refractivity contribution is -0.127. The first-order chi connectivity index (χ1) is 12.1. The van der Waals surface area contributed by atoms with Crippen LogP contribution < -0.4 is 5.32 Å². The minimum absolute atomic E-state index is 0.0652. The van der Waals surface area contributed by atoms with Crippen LogP contribution in [0.2, 0.25) is 0 Å². The number of hydrogen-bond acceptors (Lipinski definition) is 2. The van der Waals surface area contributed by atoms with E-state index in [-0.39, 0.29) is 17.9 Å². The van der Waals surface area contributed by atoms with E-state index in [1.54, 1.807) is 0 Å². The first kappa shape index (κ1) is 17.7. The van der Waals surface area contributed by atoms with Gasteiger partial charge in [0.2, 0.25) is 5.91 Å². The summed E-state index contributed by atoms with van der Waals surface area (Å²) in [5.41, 5.74) is 3.76. The van der Waals surface area contributed by atoms with Crippen molar-refractivity contribution in [3.63, 3.8) is 0 Å². The number of nitrogens with zero attached hydrogens (tertiary/aromatic N) is 1. The third-order valence-corrected chi connectivity index (χ3v) is 5.14. The van der Waals surface area contributed by atoms with Crippen molar-refractivity contribution in [1.82, 2.24) is 10.2 Å². The molecule has 1 N–H and O–H groups in total. The Hall–Kier alpha value is -2.13. The fourth-order valence-corrected chi connectivity index (χ4v) is 3.46. The number of aryl methyl sites for hydroxylation is 1. The molecule has 3 heteroatoms. The van der Waals surface area contributed by atoms with E-state index in [1.165, 1.54) is 16.7 Å². The van der Waals surface area contributed by atoms with Gasteiger partial charge in [0.15, 0.2) is 0 Å². The number of rotatable bonds is 5. The van der Waals surface area contributed by atoms with Crippen molar-refractivity contribution in [2.75, 3.05) is 13.1 Å². The van der Waals surface area contributed by atoms with Crippen LogP contribution in [0, 0.1) is 12.8 Å². The van der Waals surface area contributed by atoms with Crippen LogP contribution in [0.3, 0.4) is 0 Å². The molecule has 25 heavy (non-hydrogen) atoms. The molecule has 1 heterocycles. The average Bonchev–Trinajstić information content (AvgIpc) is 2.63. The summed E-state index contributed by atoms with van der Waals surface area (Å²) in [4.78, 5) is 15.0. The summed E-state index contributed by atoms with van der Waals surface area (Å²) in [6, 6.07) is 19.0. The molecule has 0 spiro atoms. The van der Waals surface area contributed by atoms with Gasteiger partial charge in [0.25, 0.3) is 0 Å². The van der Waals surface area contributed by atoms with Crippen LogP contribution >= 0.6 is 0 Å². The van der Waals surface area contributed by atoms with Crippen molar-refractivity contribution in [1.29, 1.82) is 0 Å². The third-order valence-electron chi connectivity index (χ3n) is 5.14. The number of carbonyl (C=O) groups is 1. The predicted octanol–water partition coefficient (Wildman–Crippen LogP) is 4.08. The van der Waals surface area contributed by atoms with Gasteiger partial charge >= 0.3 is 0 Å². The van der Waals surface area contributed by atoms with Crippen LogP contribution in [0.4, 0.5) is 0 Å². The third kappa shape index (κ3) is 4.93. The number of amides is 1. The second-order valence-corrected chi connectivity index (χ2v) is 7.18. The molecule has 0 radical (unpaired) electrons. The monoisotopic (exact) mass is 336 g/mol. The van der Waals surface area contributed by atoms with Gasteiger partial charge in [-0.1, -0.05) is 60.2 Å². The zero-order valence-corrected chi connectivity index (χ0v) is 15.2. The SMILES string of the molecule is Cc1ccc([C@@H](C)NC(=O)C2CCN(Cc3ccccc3)CC2)cc1. The van der Waals surface area contributed by atoms with Crippen LogP contribution in [0.5, 0.6) is 0 Å². The largest absolute Gasteiger partial charge is 0.349 e. The molecule has 1 aliphatic heterocycles. The van der Waals surface area contributed by atoms with Crippen molar-refractivity contribution >= 4 is 5.91 Å². The Kier molecular flexibility index (Phi) is 5.87. The first-order valence-corrected chi connectivity index (χ1v) is 9.25. The van der Waals surface area contributed by atoms with E-state index >= 15 is 0 Å². The Balaban J connectivity index is 1.47. The Morgan fingerprint density at radius 3 is 2.36 bits per heavy atom. The van der Waals surface area contributed by atoms with Crippen molar-refractivity contribution in [3.05, 3.63) is 71.3 Å². The second-order valence-electron chi connectivity index (χ2n) is 7.18. The summed E-state index contributed by atoms with van der Waals surface area (Å²) in [6.45, 7) is 7.11. The van der Waals surface area contributed by atoms with E-state index in [0.29, 0.717) is 0 Å². The van der Waals surface area contributed by atoms with Crippen LogP contribution in [0.1, 0.15) is 42.5 Å². The highest BCUT2D eigenvalue weighted by Gasteiger charge is 2.25. The summed E-state index contributed by atoms with van der Waals surface area (Å²) in [6.07, 6.45) is 1.89. The van der Waals surface area contributed by atoms with E-state index in [2.05, 4.69) is 78.7 Å². The lowest BCUT2D eigenvalue weighted by Crippen LogP contribution is -2.40. The normalized spacial score (nSPS) is 17.2. The Labute approximate surface area is 151 Å². The fourth-order valence-electron chi connectivity index (χ4n) is 3.46. The molecule has 1 fully saturated rings. The van der Waals surface area contributed by atoms with Gasteiger partial charge in [-0.2, -0.15) is 0 Å². The van der Waals surface area contributed by atoms with E-state index < -0.39 is 0 Å². The molecule has 0 saturated carbocycles. The molecule has 1 aliphatic rings. The van der Waals surface area contributed by atoms with Gasteiger partial charge in [-0.15, -0.1) is 0 Å². The highest BCUT2D eigenvalue weighted by Crippen LogP contribution is 2.21. The summed E-state index contributed by atoms with van der Waals surface area (Å²) in [5, 5.41) is 3.19. The maximum Gasteiger partial charge on any atom is 0.223 e. The molecule has 132 valence electrons. The summed E-state index contributed by atoms with van der Waals surface area (Å²) >= 11 is 0. The lowest BCUT2D eigenvalue weighted by Gasteiger charge is -2.32. The number of carbonyl (C=O) groups excluding carboxylic acids is 1. The van der Waals surface area contributed by atoms with E-state index in [0.717, 1.165) is 32.5 Å². The Morgan fingerprint density at radius 1 is 1.08 bits per heavy atom. The van der Waals surface area contributed by atoms with Gasteiger partial charge in [-0.05, 0) is 50.9 Å². The minimum Gasteiger partial charge on any atom is -0.349 e. The van der Waals surface area contributed by atoms with Crippen molar-refractivity contribution < 1.29 is 4.79 Å². The summed E-state index contributed by atoms with van der Waals surface area (Å²) in [5.74, 6) is 0.340. The van der Waals surface area contributed by atoms with Crippen molar-refractivity contribution in [2.45, 2.75) is 39.3 Å². The standard InChI is InChI=1S/C22H28N2O/c1-17-8-10-20(11-9-17)18(2)23-22(25)21-12-14-24(15-13-21)16-19-6-4-3-5-7-19/h3-11,18,21H,12-16H2,1-2H3,(H,23,25)/t18-/m1/s1. The zero-order valence-electron chi connectivity index (χ0n) is 15.2. The molecule has 0 aromatic heterocycles. The van der Waals surface area contributed by atoms with Gasteiger partial charge in [0.05, 0.1) is 6.04 Å². The molecule has 1 atom stereocenters. The van der Waals surface area contributed by atoms with Crippen LogP contribution in [-0.2, 0) is 11.3 Å². The Bertz CT molecular complexity index is 673. The molecular formula is C22H28N2O. The second kappa shape index (κ2) is 8.30. The van der Waals surface area contributed by atoms with Crippen molar-refractivity contribution in [2.24, 2.45) is 5.92 Å². The Morgan fingerprint density at radius 2 is 1.72 bits per heavy atom. The number of benzene rings is 2. The summed E-state index contributed by atoms with van der Waals surface area (Å²) in [7, 11) is 0. The highest BCUT2D eigenvalue weighted by atomic mass is 16.1. The number of hydrogen-bond donors (Lipinski definition) is 1. The van der Waals surface area contributed by atoms with Crippen LogP contribution in [-0.4, -0.2) is 23.9 Å². The molecule has 0 bridgehead atoms. The molecule has 2 aromatic rings. The zero-order chi connectivity index (χ0) is 17.6. The molecule has 2 aromatic carbocycles. The molecule has 3 nitrogen and oxygen atoms in total. The lowest BCUT2D eigenvalue weighted by atomic mass is 9.94. The van der Waals surface area contributed by atoms with Gasteiger partial charge in [-0.3, -0.25) is 9.69 Å². The van der Waals surface area contributed by atoms with E-state index in [9.17, 15) is 4.79 Å². The predicted molar refractivity (Wildman–Crippen MR) is 102 cm³/mol. The maximum absolute atomic E-state index is 12.6. The minimum atomic E-state index is 0.0652. The van der Waals surface area contributed by atoms with Gasteiger partial charge in [0, 0.05) is 12.5 Å². The molecular weight excluding hydrogens is 308 g/mol. The first-order valence-electron chi connectivity index (χ1n) is 9.25. The molecule has 0 aliphatic carbocycles. The maximum atomic E-state index is 12.6. The molecule has 1 saturated heterocycles. The number of piperidine rings is 1. The highest BCUT2D eigenvalue weighted by molar-refractivity contribution is 5.79. The van der Waals surface area contributed by atoms with Crippen LogP contribution in [0.15, 0.2) is 54.6 Å². The quantitative estimate of drug-likeness (QED) is 0.892. The average molecular weight is 336 g/mol. The fraction of sp³-hybridized carbons (Fsp3) is 0.409. The van der Waals surface area contributed by atoms with E-state index in [4.69, 9.17) is 0 Å². The molecule has 1 amide bonds. The summed E-state index contributed by atoms with van der Waals surface area (Å²) < 4.78 is 0. The molecule has 3 rings (SSSR count). The van der Waals surface area contributed by atoms with Gasteiger partial charge in [-0.25, -0.2) is 0 Å². The smallest absolute Gasteiger partial charge is 0.223 e. The number of nitrogens with one attached hydrogen (secondary N) is 1. The van der Waals surface area contributed by atoms with Crippen molar-refractivity contribution in [3.8, 4) is 0 Å². The van der Waals surface area contributed by atoms with E-state index in [1.807, 2.05) is 0 Å². The van der Waals surface area contributed by atoms with Gasteiger partial charge in [0.1, 0.15) is 0 Å². The number of likely N-dealkylation sites (tertiary alicyclic amines) is 1. The van der Waals surface area contributed by atoms with Crippen LogP contribution in [0.25, 0.3) is 0 Å². The van der Waals surface area contributed by atoms with Gasteiger partial charge < -0.3 is 5.32 Å². The molecule has 0 unspecified atom stereocenters.